The van der Waals surface area contributed by atoms with Crippen molar-refractivity contribution in [3.63, 3.8) is 0 Å². The number of unbranched alkanes of at least 4 members (excludes halogenated alkanes) is 2. The Hall–Kier alpha value is -2.48. The summed E-state index contributed by atoms with van der Waals surface area (Å²) in [5, 5.41) is 11.1. The quantitative estimate of drug-likeness (QED) is 0.352. The highest BCUT2D eigenvalue weighted by molar-refractivity contribution is 5.54. The van der Waals surface area contributed by atoms with Gasteiger partial charge in [-0.2, -0.15) is 5.26 Å². The van der Waals surface area contributed by atoms with Crippen molar-refractivity contribution in [3.8, 4) is 6.07 Å². The molecule has 0 aliphatic heterocycles. The summed E-state index contributed by atoms with van der Waals surface area (Å²) in [7, 11) is 1.75. The van der Waals surface area contributed by atoms with E-state index in [0.717, 1.165) is 44.1 Å². The SMILES string of the molecule is CC.CN/C(N)=C/C=C(\N)CCCCC#N.O=CCC1=CC=CCC1. The maximum atomic E-state index is 10.0. The molecule has 0 aromatic carbocycles. The van der Waals surface area contributed by atoms with E-state index in [1.54, 1.807) is 19.2 Å². The molecule has 0 spiro atoms. The first-order valence-corrected chi connectivity index (χ1v) is 8.88. The number of carbonyl (C=O) groups is 1. The maximum Gasteiger partial charge on any atom is 0.124 e. The van der Waals surface area contributed by atoms with Crippen molar-refractivity contribution in [2.45, 2.75) is 58.8 Å². The largest absolute Gasteiger partial charge is 0.402 e. The van der Waals surface area contributed by atoms with Crippen molar-refractivity contribution in [2.24, 2.45) is 11.5 Å². The van der Waals surface area contributed by atoms with E-state index in [1.807, 2.05) is 26.0 Å². The Morgan fingerprint density at radius 2 is 2.04 bits per heavy atom. The third-order valence-electron chi connectivity index (χ3n) is 3.22. The van der Waals surface area contributed by atoms with Gasteiger partial charge in [-0.05, 0) is 44.3 Å². The fourth-order valence-corrected chi connectivity index (χ4v) is 1.83. The zero-order valence-corrected chi connectivity index (χ0v) is 15.9. The van der Waals surface area contributed by atoms with Crippen molar-refractivity contribution >= 4 is 6.29 Å². The Balaban J connectivity index is 0. The van der Waals surface area contributed by atoms with Crippen LogP contribution in [0.5, 0.6) is 0 Å². The van der Waals surface area contributed by atoms with Gasteiger partial charge in [0, 0.05) is 25.6 Å². The second-order valence-corrected chi connectivity index (χ2v) is 5.14. The second-order valence-electron chi connectivity index (χ2n) is 5.14. The normalized spacial score (nSPS) is 13.3. The highest BCUT2D eigenvalue weighted by atomic mass is 16.1. The molecule has 140 valence electrons. The van der Waals surface area contributed by atoms with Gasteiger partial charge in [0.25, 0.3) is 0 Å². The summed E-state index contributed by atoms with van der Waals surface area (Å²) in [6, 6.07) is 2.10. The molecule has 1 aliphatic rings. The summed E-state index contributed by atoms with van der Waals surface area (Å²) in [5.41, 5.74) is 13.3. The van der Waals surface area contributed by atoms with Gasteiger partial charge >= 0.3 is 0 Å². The van der Waals surface area contributed by atoms with E-state index in [-0.39, 0.29) is 0 Å². The van der Waals surface area contributed by atoms with Gasteiger partial charge in [-0.1, -0.05) is 37.6 Å². The van der Waals surface area contributed by atoms with Gasteiger partial charge in [-0.15, -0.1) is 0 Å². The minimum atomic E-state index is 0.588. The first-order valence-electron chi connectivity index (χ1n) is 8.88. The van der Waals surface area contributed by atoms with Crippen LogP contribution in [0.2, 0.25) is 0 Å². The Kier molecular flexibility index (Phi) is 19.4. The van der Waals surface area contributed by atoms with Crippen molar-refractivity contribution in [3.05, 3.63) is 47.5 Å². The number of hydrogen-bond acceptors (Lipinski definition) is 5. The lowest BCUT2D eigenvalue weighted by molar-refractivity contribution is -0.107. The zero-order chi connectivity index (χ0) is 19.3. The third-order valence-corrected chi connectivity index (χ3v) is 3.22. The number of hydrogen-bond donors (Lipinski definition) is 3. The molecule has 5 heteroatoms. The molecule has 0 unspecified atom stereocenters. The molecule has 5 nitrogen and oxygen atoms in total. The first kappa shape index (κ1) is 24.8. The van der Waals surface area contributed by atoms with Crippen LogP contribution in [0.4, 0.5) is 0 Å². The van der Waals surface area contributed by atoms with Crippen molar-refractivity contribution in [2.75, 3.05) is 7.05 Å². The molecular weight excluding hydrogens is 312 g/mol. The summed E-state index contributed by atoms with van der Waals surface area (Å²) in [4.78, 5) is 10.0. The average molecular weight is 347 g/mol. The Labute approximate surface area is 153 Å². The van der Waals surface area contributed by atoms with E-state index in [1.165, 1.54) is 5.57 Å². The van der Waals surface area contributed by atoms with Gasteiger partial charge in [0.1, 0.15) is 6.29 Å². The van der Waals surface area contributed by atoms with E-state index >= 15 is 0 Å². The summed E-state index contributed by atoms with van der Waals surface area (Å²) in [5.74, 6) is 0.588. The lowest BCUT2D eigenvalue weighted by Gasteiger charge is -2.02. The van der Waals surface area contributed by atoms with Crippen LogP contribution in [0, 0.1) is 11.3 Å². The molecule has 0 saturated heterocycles. The second kappa shape index (κ2) is 19.6. The number of aldehydes is 1. The van der Waals surface area contributed by atoms with E-state index in [2.05, 4.69) is 17.5 Å². The fraction of sp³-hybridized carbons (Fsp3) is 0.500. The third kappa shape index (κ3) is 17.7. The smallest absolute Gasteiger partial charge is 0.124 e. The summed E-state index contributed by atoms with van der Waals surface area (Å²) >= 11 is 0. The molecular formula is C20H34N4O. The Bertz CT molecular complexity index is 496. The standard InChI is InChI=1S/C10H18N4.C8H10O.C2H6/c1-14-10(13)7-6-9(12)5-3-2-4-8-11;9-7-6-8-4-2-1-3-5-8;1-2/h6-7,14H,2-5,12-13H2,1H3;1-2,4,7H,3,5-6H2;1-2H3/b9-6-,10-7+;;. The number of nitrogens with two attached hydrogens (primary N) is 2. The van der Waals surface area contributed by atoms with Crippen molar-refractivity contribution in [1.82, 2.24) is 5.32 Å². The van der Waals surface area contributed by atoms with Crippen LogP contribution >= 0.6 is 0 Å². The first-order chi connectivity index (χ1) is 12.1. The highest BCUT2D eigenvalue weighted by Gasteiger charge is 1.96. The Morgan fingerprint density at radius 1 is 1.32 bits per heavy atom. The lowest BCUT2D eigenvalue weighted by atomic mass is 10.0. The minimum absolute atomic E-state index is 0.588. The highest BCUT2D eigenvalue weighted by Crippen LogP contribution is 2.13. The van der Waals surface area contributed by atoms with Crippen molar-refractivity contribution < 1.29 is 4.79 Å². The van der Waals surface area contributed by atoms with Gasteiger partial charge in [0.2, 0.25) is 0 Å². The van der Waals surface area contributed by atoms with Crippen LogP contribution < -0.4 is 16.8 Å². The summed E-state index contributed by atoms with van der Waals surface area (Å²) in [6.07, 6.45) is 16.7. The number of nitrogens with one attached hydrogen (secondary N) is 1. The van der Waals surface area contributed by atoms with Gasteiger partial charge in [0.15, 0.2) is 0 Å². The predicted octanol–water partition coefficient (Wildman–Crippen LogP) is 3.81. The van der Waals surface area contributed by atoms with Gasteiger partial charge in [0.05, 0.1) is 11.9 Å². The van der Waals surface area contributed by atoms with E-state index < -0.39 is 0 Å². The molecule has 0 heterocycles. The van der Waals surface area contributed by atoms with Crippen LogP contribution in [-0.2, 0) is 4.79 Å². The van der Waals surface area contributed by atoms with Gasteiger partial charge in [-0.3, -0.25) is 0 Å². The summed E-state index contributed by atoms with van der Waals surface area (Å²) in [6.45, 7) is 4.00. The number of allylic oxidation sites excluding steroid dienone is 7. The minimum Gasteiger partial charge on any atom is -0.402 e. The van der Waals surface area contributed by atoms with Gasteiger partial charge in [-0.25, -0.2) is 0 Å². The molecule has 1 aliphatic carbocycles. The summed E-state index contributed by atoms with van der Waals surface area (Å²) < 4.78 is 0. The molecule has 0 aromatic rings. The topological polar surface area (TPSA) is 105 Å². The van der Waals surface area contributed by atoms with E-state index in [4.69, 9.17) is 16.7 Å². The fourth-order valence-electron chi connectivity index (χ4n) is 1.83. The number of nitrogens with zero attached hydrogens (tertiary/aromatic N) is 1. The number of carbonyl (C=O) groups excluding carboxylic acids is 1. The predicted molar refractivity (Wildman–Crippen MR) is 106 cm³/mol. The van der Waals surface area contributed by atoms with Crippen LogP contribution in [0.15, 0.2) is 47.5 Å². The van der Waals surface area contributed by atoms with Crippen molar-refractivity contribution in [1.29, 1.82) is 5.26 Å². The molecule has 0 fully saturated rings. The van der Waals surface area contributed by atoms with E-state index in [0.29, 0.717) is 18.7 Å². The van der Waals surface area contributed by atoms with Crippen LogP contribution in [-0.4, -0.2) is 13.3 Å². The molecule has 25 heavy (non-hydrogen) atoms. The van der Waals surface area contributed by atoms with Crippen LogP contribution in [0.1, 0.15) is 58.8 Å². The van der Waals surface area contributed by atoms with E-state index in [9.17, 15) is 4.79 Å². The average Bonchev–Trinajstić information content (AvgIpc) is 2.66. The molecule has 0 atom stereocenters. The molecule has 0 bridgehead atoms. The van der Waals surface area contributed by atoms with Crippen LogP contribution in [0.25, 0.3) is 0 Å². The number of nitriles is 1. The van der Waals surface area contributed by atoms with Crippen LogP contribution in [0.3, 0.4) is 0 Å². The molecule has 0 aromatic heterocycles. The lowest BCUT2D eigenvalue weighted by Crippen LogP contribution is -2.14. The molecule has 0 amide bonds. The maximum absolute atomic E-state index is 10.0. The Morgan fingerprint density at radius 3 is 2.56 bits per heavy atom. The van der Waals surface area contributed by atoms with Gasteiger partial charge < -0.3 is 21.6 Å². The monoisotopic (exact) mass is 346 g/mol. The number of rotatable bonds is 8. The molecule has 5 N–H and O–H groups in total. The molecule has 0 saturated carbocycles. The zero-order valence-electron chi connectivity index (χ0n) is 15.9. The molecule has 0 radical (unpaired) electrons. The molecule has 1 rings (SSSR count).